The SMILES string of the molecule is COc1cccc(/C=C/C(=O)Nc2cccc(S(=O)(=O)N3CCCC3)c2)c1. The quantitative estimate of drug-likeness (QED) is 0.774. The van der Waals surface area contributed by atoms with Gasteiger partial charge in [0.2, 0.25) is 15.9 Å². The molecule has 1 heterocycles. The van der Waals surface area contributed by atoms with E-state index in [1.807, 2.05) is 24.3 Å². The van der Waals surface area contributed by atoms with Gasteiger partial charge in [-0.3, -0.25) is 4.79 Å². The van der Waals surface area contributed by atoms with Crippen molar-refractivity contribution in [3.8, 4) is 5.75 Å². The van der Waals surface area contributed by atoms with Gasteiger partial charge in [-0.05, 0) is 54.8 Å². The second kappa shape index (κ2) is 8.37. The molecular formula is C20H22N2O4S. The highest BCUT2D eigenvalue weighted by molar-refractivity contribution is 7.89. The summed E-state index contributed by atoms with van der Waals surface area (Å²) >= 11 is 0. The van der Waals surface area contributed by atoms with Crippen LogP contribution in [0, 0.1) is 0 Å². The van der Waals surface area contributed by atoms with Crippen molar-refractivity contribution in [1.82, 2.24) is 4.31 Å². The summed E-state index contributed by atoms with van der Waals surface area (Å²) in [4.78, 5) is 12.4. The molecule has 0 atom stereocenters. The zero-order valence-electron chi connectivity index (χ0n) is 15.1. The van der Waals surface area contributed by atoms with Gasteiger partial charge in [0.25, 0.3) is 0 Å². The van der Waals surface area contributed by atoms with Gasteiger partial charge >= 0.3 is 0 Å². The van der Waals surface area contributed by atoms with E-state index in [2.05, 4.69) is 5.32 Å². The third kappa shape index (κ3) is 4.75. The first kappa shape index (κ1) is 19.1. The maximum atomic E-state index is 12.6. The van der Waals surface area contributed by atoms with Crippen LogP contribution in [0.15, 0.2) is 59.5 Å². The Labute approximate surface area is 159 Å². The fourth-order valence-electron chi connectivity index (χ4n) is 2.91. The van der Waals surface area contributed by atoms with Crippen LogP contribution in [0.2, 0.25) is 0 Å². The van der Waals surface area contributed by atoms with Crippen LogP contribution in [0.4, 0.5) is 5.69 Å². The molecule has 27 heavy (non-hydrogen) atoms. The Bertz CT molecular complexity index is 948. The molecule has 6 nitrogen and oxygen atoms in total. The van der Waals surface area contributed by atoms with Crippen molar-refractivity contribution >= 4 is 27.7 Å². The summed E-state index contributed by atoms with van der Waals surface area (Å²) in [6.45, 7) is 1.09. The van der Waals surface area contributed by atoms with Crippen LogP contribution >= 0.6 is 0 Å². The molecule has 1 saturated heterocycles. The molecule has 1 amide bonds. The monoisotopic (exact) mass is 386 g/mol. The third-order valence-corrected chi connectivity index (χ3v) is 6.22. The Morgan fingerprint density at radius 3 is 2.59 bits per heavy atom. The number of carbonyl (C=O) groups excluding carboxylic acids is 1. The maximum absolute atomic E-state index is 12.6. The molecule has 0 saturated carbocycles. The minimum Gasteiger partial charge on any atom is -0.497 e. The van der Waals surface area contributed by atoms with Crippen molar-refractivity contribution < 1.29 is 17.9 Å². The van der Waals surface area contributed by atoms with E-state index in [1.54, 1.807) is 31.4 Å². The van der Waals surface area contributed by atoms with Gasteiger partial charge in [0.1, 0.15) is 5.75 Å². The topological polar surface area (TPSA) is 75.7 Å². The highest BCUT2D eigenvalue weighted by atomic mass is 32.2. The molecule has 0 unspecified atom stereocenters. The van der Waals surface area contributed by atoms with Crippen molar-refractivity contribution in [1.29, 1.82) is 0 Å². The number of ether oxygens (including phenoxy) is 1. The number of hydrogen-bond acceptors (Lipinski definition) is 4. The van der Waals surface area contributed by atoms with E-state index in [4.69, 9.17) is 4.74 Å². The summed E-state index contributed by atoms with van der Waals surface area (Å²) in [5.74, 6) is 0.367. The predicted octanol–water partition coefficient (Wildman–Crippen LogP) is 3.13. The predicted molar refractivity (Wildman–Crippen MR) is 105 cm³/mol. The zero-order valence-corrected chi connectivity index (χ0v) is 15.9. The second-order valence-electron chi connectivity index (χ2n) is 6.24. The van der Waals surface area contributed by atoms with Gasteiger partial charge in [0.05, 0.1) is 12.0 Å². The van der Waals surface area contributed by atoms with Crippen LogP contribution in [0.25, 0.3) is 6.08 Å². The summed E-state index contributed by atoms with van der Waals surface area (Å²) in [6, 6.07) is 13.7. The molecule has 0 spiro atoms. The molecule has 2 aromatic rings. The minimum absolute atomic E-state index is 0.193. The average Bonchev–Trinajstić information content (AvgIpc) is 3.22. The number of amides is 1. The Morgan fingerprint density at radius 2 is 1.85 bits per heavy atom. The lowest BCUT2D eigenvalue weighted by molar-refractivity contribution is -0.111. The van der Waals surface area contributed by atoms with Gasteiger partial charge in [-0.15, -0.1) is 0 Å². The number of carbonyl (C=O) groups is 1. The number of methoxy groups -OCH3 is 1. The highest BCUT2D eigenvalue weighted by Crippen LogP contribution is 2.23. The van der Waals surface area contributed by atoms with Crippen LogP contribution in [-0.4, -0.2) is 38.8 Å². The molecule has 1 fully saturated rings. The minimum atomic E-state index is -3.51. The Morgan fingerprint density at radius 1 is 1.11 bits per heavy atom. The fourth-order valence-corrected chi connectivity index (χ4v) is 4.48. The fraction of sp³-hybridized carbons (Fsp3) is 0.250. The molecule has 7 heteroatoms. The molecule has 0 aromatic heterocycles. The average molecular weight is 386 g/mol. The van der Waals surface area contributed by atoms with E-state index in [0.717, 1.165) is 18.4 Å². The Hall–Kier alpha value is -2.64. The van der Waals surface area contributed by atoms with E-state index in [9.17, 15) is 13.2 Å². The molecule has 142 valence electrons. The van der Waals surface area contributed by atoms with E-state index >= 15 is 0 Å². The third-order valence-electron chi connectivity index (χ3n) is 4.33. The zero-order chi connectivity index (χ0) is 19.3. The van der Waals surface area contributed by atoms with Gasteiger partial charge in [-0.25, -0.2) is 8.42 Å². The molecule has 2 aromatic carbocycles. The summed E-state index contributed by atoms with van der Waals surface area (Å²) in [5.41, 5.74) is 1.27. The van der Waals surface area contributed by atoms with Crippen molar-refractivity contribution in [3.05, 3.63) is 60.2 Å². The highest BCUT2D eigenvalue weighted by Gasteiger charge is 2.27. The van der Waals surface area contributed by atoms with Gasteiger partial charge in [-0.1, -0.05) is 18.2 Å². The number of hydrogen-bond donors (Lipinski definition) is 1. The standard InChI is InChI=1S/C20H22N2O4S/c1-26-18-8-4-6-16(14-18)10-11-20(23)21-17-7-5-9-19(15-17)27(24,25)22-12-2-3-13-22/h4-11,14-15H,2-3,12-13H2,1H3,(H,21,23)/b11-10+. The largest absolute Gasteiger partial charge is 0.497 e. The molecule has 1 aliphatic rings. The van der Waals surface area contributed by atoms with Crippen molar-refractivity contribution in [3.63, 3.8) is 0 Å². The first-order chi connectivity index (χ1) is 13.0. The van der Waals surface area contributed by atoms with Crippen LogP contribution in [-0.2, 0) is 14.8 Å². The van der Waals surface area contributed by atoms with Gasteiger partial charge < -0.3 is 10.1 Å². The lowest BCUT2D eigenvalue weighted by atomic mass is 10.2. The summed E-state index contributed by atoms with van der Waals surface area (Å²) in [7, 11) is -1.93. The lowest BCUT2D eigenvalue weighted by Crippen LogP contribution is -2.27. The molecule has 1 aliphatic heterocycles. The number of nitrogens with zero attached hydrogens (tertiary/aromatic N) is 1. The Balaban J connectivity index is 1.70. The number of anilines is 1. The molecular weight excluding hydrogens is 364 g/mol. The van der Waals surface area contributed by atoms with Gasteiger partial charge in [0, 0.05) is 24.9 Å². The summed E-state index contributed by atoms with van der Waals surface area (Å²) in [5, 5.41) is 2.70. The molecule has 0 bridgehead atoms. The number of nitrogens with one attached hydrogen (secondary N) is 1. The number of benzene rings is 2. The second-order valence-corrected chi connectivity index (χ2v) is 8.18. The van der Waals surface area contributed by atoms with E-state index < -0.39 is 10.0 Å². The van der Waals surface area contributed by atoms with Crippen LogP contribution in [0.3, 0.4) is 0 Å². The molecule has 0 radical (unpaired) electrons. The summed E-state index contributed by atoms with van der Waals surface area (Å²) in [6.07, 6.45) is 4.83. The molecule has 1 N–H and O–H groups in total. The van der Waals surface area contributed by atoms with Crippen molar-refractivity contribution in [2.75, 3.05) is 25.5 Å². The lowest BCUT2D eigenvalue weighted by Gasteiger charge is -2.16. The van der Waals surface area contributed by atoms with Gasteiger partial charge in [-0.2, -0.15) is 4.31 Å². The summed E-state index contributed by atoms with van der Waals surface area (Å²) < 4.78 is 31.9. The first-order valence-corrected chi connectivity index (χ1v) is 10.2. The van der Waals surface area contributed by atoms with Gasteiger partial charge in [0.15, 0.2) is 0 Å². The smallest absolute Gasteiger partial charge is 0.248 e. The van der Waals surface area contributed by atoms with Crippen LogP contribution < -0.4 is 10.1 Å². The molecule has 3 rings (SSSR count). The van der Waals surface area contributed by atoms with Crippen molar-refractivity contribution in [2.24, 2.45) is 0 Å². The van der Waals surface area contributed by atoms with E-state index in [-0.39, 0.29) is 10.8 Å². The van der Waals surface area contributed by atoms with Crippen LogP contribution in [0.5, 0.6) is 5.75 Å². The van der Waals surface area contributed by atoms with E-state index in [1.165, 1.54) is 16.4 Å². The first-order valence-electron chi connectivity index (χ1n) is 8.72. The van der Waals surface area contributed by atoms with E-state index in [0.29, 0.717) is 24.5 Å². The van der Waals surface area contributed by atoms with Crippen molar-refractivity contribution in [2.45, 2.75) is 17.7 Å². The maximum Gasteiger partial charge on any atom is 0.248 e. The molecule has 0 aliphatic carbocycles. The van der Waals surface area contributed by atoms with Crippen LogP contribution in [0.1, 0.15) is 18.4 Å². The normalized spacial score (nSPS) is 15.1. The number of sulfonamides is 1. The Kier molecular flexibility index (Phi) is 5.93. The number of rotatable bonds is 6.